The number of pyridine rings is 1. The first-order valence-electron chi connectivity index (χ1n) is 6.05. The van der Waals surface area contributed by atoms with Crippen molar-refractivity contribution in [1.82, 2.24) is 4.98 Å². The summed E-state index contributed by atoms with van der Waals surface area (Å²) in [7, 11) is 0. The molecule has 0 aliphatic rings. The van der Waals surface area contributed by atoms with Gasteiger partial charge in [0, 0.05) is 5.69 Å². The average Bonchev–Trinajstić information content (AvgIpc) is 2.27. The third kappa shape index (κ3) is 3.00. The fourth-order valence-electron chi connectivity index (χ4n) is 2.07. The van der Waals surface area contributed by atoms with E-state index in [1.165, 1.54) is 6.20 Å². The summed E-state index contributed by atoms with van der Waals surface area (Å²) in [4.78, 5) is 19.0. The van der Waals surface area contributed by atoms with Gasteiger partial charge in [0.2, 0.25) is 5.91 Å². The van der Waals surface area contributed by atoms with Crippen LogP contribution in [-0.2, 0) is 11.2 Å². The third-order valence-corrected chi connectivity index (χ3v) is 2.84. The first-order chi connectivity index (χ1) is 8.38. The Morgan fingerprint density at radius 1 is 1.39 bits per heavy atom. The van der Waals surface area contributed by atoms with Crippen molar-refractivity contribution in [2.45, 2.75) is 46.0 Å². The second-order valence-electron chi connectivity index (χ2n) is 4.92. The molecular formula is C14H19FN2O. The molecule has 0 aliphatic heterocycles. The third-order valence-electron chi connectivity index (χ3n) is 2.84. The number of aliphatic imine (C=N–C) groups is 1. The molecule has 1 aromatic rings. The minimum absolute atomic E-state index is 0.00175. The second kappa shape index (κ2) is 5.85. The molecule has 0 saturated heterocycles. The van der Waals surface area contributed by atoms with E-state index < -0.39 is 0 Å². The molecule has 3 nitrogen and oxygen atoms in total. The zero-order valence-electron chi connectivity index (χ0n) is 11.3. The van der Waals surface area contributed by atoms with Crippen molar-refractivity contribution in [3.8, 4) is 0 Å². The van der Waals surface area contributed by atoms with Gasteiger partial charge in [0.25, 0.3) is 0 Å². The van der Waals surface area contributed by atoms with Gasteiger partial charge in [-0.2, -0.15) is 0 Å². The quantitative estimate of drug-likeness (QED) is 0.770. The van der Waals surface area contributed by atoms with Gasteiger partial charge in [-0.3, -0.25) is 9.78 Å². The van der Waals surface area contributed by atoms with Gasteiger partial charge < -0.3 is 0 Å². The Balaban J connectivity index is 3.42. The summed E-state index contributed by atoms with van der Waals surface area (Å²) in [5, 5.41) is 0. The summed E-state index contributed by atoms with van der Waals surface area (Å²) in [6.45, 7) is 11.0. The van der Waals surface area contributed by atoms with E-state index in [4.69, 9.17) is 0 Å². The lowest BCUT2D eigenvalue weighted by atomic mass is 9.90. The van der Waals surface area contributed by atoms with Gasteiger partial charge in [0.05, 0.1) is 12.6 Å². The van der Waals surface area contributed by atoms with Gasteiger partial charge in [-0.25, -0.2) is 9.38 Å². The van der Waals surface area contributed by atoms with Crippen LogP contribution in [0.25, 0.3) is 0 Å². The zero-order chi connectivity index (χ0) is 13.9. The minimum atomic E-state index is -0.360. The highest BCUT2D eigenvalue weighted by molar-refractivity contribution is 5.83. The Kier molecular flexibility index (Phi) is 4.70. The smallest absolute Gasteiger partial charge is 0.249 e. The van der Waals surface area contributed by atoms with Gasteiger partial charge >= 0.3 is 0 Å². The molecule has 1 heterocycles. The predicted octanol–water partition coefficient (Wildman–Crippen LogP) is 3.24. The van der Waals surface area contributed by atoms with E-state index in [1.54, 1.807) is 0 Å². The average molecular weight is 250 g/mol. The summed E-state index contributed by atoms with van der Waals surface area (Å²) in [5.74, 6) is -0.582. The van der Waals surface area contributed by atoms with Gasteiger partial charge in [-0.1, -0.05) is 27.7 Å². The molecule has 1 rings (SSSR count). The van der Waals surface area contributed by atoms with Gasteiger partial charge in [0.15, 0.2) is 0 Å². The van der Waals surface area contributed by atoms with Crippen LogP contribution in [0.15, 0.2) is 11.2 Å². The lowest BCUT2D eigenvalue weighted by Crippen LogP contribution is -2.12. The van der Waals surface area contributed by atoms with E-state index in [0.29, 0.717) is 11.1 Å². The topological polar surface area (TPSA) is 42.3 Å². The number of rotatable bonds is 4. The van der Waals surface area contributed by atoms with Crippen molar-refractivity contribution < 1.29 is 9.18 Å². The van der Waals surface area contributed by atoms with Crippen LogP contribution in [0.3, 0.4) is 0 Å². The lowest BCUT2D eigenvalue weighted by Gasteiger charge is -2.18. The van der Waals surface area contributed by atoms with Crippen LogP contribution in [-0.4, -0.2) is 17.6 Å². The van der Waals surface area contributed by atoms with Gasteiger partial charge in [0.1, 0.15) is 5.82 Å². The van der Waals surface area contributed by atoms with Gasteiger partial charge in [-0.15, -0.1) is 0 Å². The number of carbonyl (C=O) groups is 1. The number of aromatic nitrogens is 1. The number of hydrogen-bond acceptors (Lipinski definition) is 2. The van der Waals surface area contributed by atoms with Crippen LogP contribution in [0.5, 0.6) is 0 Å². The Morgan fingerprint density at radius 3 is 2.44 bits per heavy atom. The summed E-state index contributed by atoms with van der Waals surface area (Å²) in [6, 6.07) is 0. The van der Waals surface area contributed by atoms with Crippen LogP contribution in [0.1, 0.15) is 56.4 Å². The summed E-state index contributed by atoms with van der Waals surface area (Å²) in [6.07, 6.45) is 1.30. The van der Waals surface area contributed by atoms with Crippen molar-refractivity contribution in [3.05, 3.63) is 28.8 Å². The Labute approximate surface area is 107 Å². The highest BCUT2D eigenvalue weighted by atomic mass is 19.1. The molecule has 1 aromatic heterocycles. The van der Waals surface area contributed by atoms with E-state index in [-0.39, 0.29) is 30.0 Å². The number of carbonyl (C=O) groups excluding carboxylic acids is 1. The number of hydrogen-bond donors (Lipinski definition) is 0. The zero-order valence-corrected chi connectivity index (χ0v) is 11.3. The first-order valence-corrected chi connectivity index (χ1v) is 6.05. The molecular weight excluding hydrogens is 231 g/mol. The first kappa shape index (κ1) is 14.5. The van der Waals surface area contributed by atoms with Crippen molar-refractivity contribution in [2.75, 3.05) is 0 Å². The van der Waals surface area contributed by atoms with Crippen LogP contribution in [0.2, 0.25) is 0 Å². The molecule has 0 aromatic carbocycles. The highest BCUT2D eigenvalue weighted by Crippen LogP contribution is 2.28. The highest BCUT2D eigenvalue weighted by Gasteiger charge is 2.20. The van der Waals surface area contributed by atoms with Crippen molar-refractivity contribution in [2.24, 2.45) is 4.99 Å². The molecule has 0 N–H and O–H groups in total. The van der Waals surface area contributed by atoms with E-state index in [2.05, 4.69) is 16.7 Å². The van der Waals surface area contributed by atoms with E-state index in [9.17, 15) is 9.18 Å². The predicted molar refractivity (Wildman–Crippen MR) is 70.6 cm³/mol. The van der Waals surface area contributed by atoms with E-state index >= 15 is 0 Å². The normalized spacial score (nSPS) is 11.1. The van der Waals surface area contributed by atoms with Crippen molar-refractivity contribution in [3.63, 3.8) is 0 Å². The number of halogens is 1. The maximum absolute atomic E-state index is 13.9. The monoisotopic (exact) mass is 250 g/mol. The van der Waals surface area contributed by atoms with Crippen LogP contribution >= 0.6 is 0 Å². The largest absolute Gasteiger partial charge is 0.272 e. The molecule has 0 radical (unpaired) electrons. The number of amides is 1. The van der Waals surface area contributed by atoms with Crippen molar-refractivity contribution >= 4 is 12.6 Å². The SMILES string of the molecule is C=NC(=O)Cc1c(C(C)C)ncc(F)c1C(C)C. The number of nitrogens with zero attached hydrogens (tertiary/aromatic N) is 2. The molecule has 0 aliphatic carbocycles. The van der Waals surface area contributed by atoms with E-state index in [0.717, 1.165) is 5.69 Å². The Hall–Kier alpha value is -1.58. The fraction of sp³-hybridized carbons (Fsp3) is 0.500. The molecule has 0 unspecified atom stereocenters. The maximum Gasteiger partial charge on any atom is 0.249 e. The summed E-state index contributed by atoms with van der Waals surface area (Å²) >= 11 is 0. The fourth-order valence-corrected chi connectivity index (χ4v) is 2.07. The molecule has 18 heavy (non-hydrogen) atoms. The van der Waals surface area contributed by atoms with Crippen LogP contribution in [0, 0.1) is 5.82 Å². The van der Waals surface area contributed by atoms with Gasteiger partial charge in [-0.05, 0) is 29.7 Å². The van der Waals surface area contributed by atoms with Crippen LogP contribution < -0.4 is 0 Å². The summed E-state index contributed by atoms with van der Waals surface area (Å²) < 4.78 is 13.9. The Bertz CT molecular complexity index is 467. The molecule has 0 bridgehead atoms. The molecule has 1 amide bonds. The molecule has 0 spiro atoms. The minimum Gasteiger partial charge on any atom is -0.272 e. The van der Waals surface area contributed by atoms with Crippen molar-refractivity contribution in [1.29, 1.82) is 0 Å². The molecule has 0 atom stereocenters. The van der Waals surface area contributed by atoms with E-state index in [1.807, 2.05) is 27.7 Å². The summed E-state index contributed by atoms with van der Waals surface area (Å²) in [5.41, 5.74) is 1.99. The molecule has 0 saturated carbocycles. The molecule has 4 heteroatoms. The Morgan fingerprint density at radius 2 is 2.00 bits per heavy atom. The molecule has 98 valence electrons. The maximum atomic E-state index is 13.9. The lowest BCUT2D eigenvalue weighted by molar-refractivity contribution is -0.117. The molecule has 0 fully saturated rings. The van der Waals surface area contributed by atoms with Crippen LogP contribution in [0.4, 0.5) is 4.39 Å². The standard InChI is InChI=1S/C14H19FN2O/c1-8(2)13-10(6-12(18)16-5)14(9(3)4)17-7-11(13)15/h7-9H,5-6H2,1-4H3. The second-order valence-corrected chi connectivity index (χ2v) is 4.92.